The molecule has 0 spiro atoms. The van der Waals surface area contributed by atoms with Gasteiger partial charge in [-0.3, -0.25) is 4.79 Å². The van der Waals surface area contributed by atoms with Crippen LogP contribution in [0.15, 0.2) is 27.8 Å². The highest BCUT2D eigenvalue weighted by Gasteiger charge is 2.08. The second kappa shape index (κ2) is 5.69. The SMILES string of the molecule is CCc1cnc(CNc2nccn(C(C)C)c2=O)o1. The van der Waals surface area contributed by atoms with Gasteiger partial charge in [-0.2, -0.15) is 0 Å². The summed E-state index contributed by atoms with van der Waals surface area (Å²) in [5, 5.41) is 2.96. The Morgan fingerprint density at radius 1 is 1.42 bits per heavy atom. The van der Waals surface area contributed by atoms with Gasteiger partial charge in [0.2, 0.25) is 5.89 Å². The number of anilines is 1. The molecule has 2 aromatic heterocycles. The first-order valence-electron chi connectivity index (χ1n) is 6.36. The van der Waals surface area contributed by atoms with Crippen LogP contribution in [0.5, 0.6) is 0 Å². The Balaban J connectivity index is 2.11. The molecule has 0 fully saturated rings. The van der Waals surface area contributed by atoms with E-state index in [1.165, 1.54) is 0 Å². The highest BCUT2D eigenvalue weighted by molar-refractivity contribution is 5.30. The Morgan fingerprint density at radius 2 is 2.21 bits per heavy atom. The number of oxazole rings is 1. The van der Waals surface area contributed by atoms with E-state index in [0.717, 1.165) is 12.2 Å². The molecule has 0 bridgehead atoms. The molecule has 0 aromatic carbocycles. The Morgan fingerprint density at radius 3 is 2.84 bits per heavy atom. The summed E-state index contributed by atoms with van der Waals surface area (Å²) in [6, 6.07) is 0.101. The molecule has 19 heavy (non-hydrogen) atoms. The van der Waals surface area contributed by atoms with E-state index >= 15 is 0 Å². The maximum atomic E-state index is 12.1. The van der Waals surface area contributed by atoms with E-state index in [0.29, 0.717) is 18.3 Å². The van der Waals surface area contributed by atoms with Gasteiger partial charge in [0.1, 0.15) is 5.76 Å². The molecule has 102 valence electrons. The molecule has 2 heterocycles. The zero-order valence-corrected chi connectivity index (χ0v) is 11.4. The summed E-state index contributed by atoms with van der Waals surface area (Å²) in [6.07, 6.45) is 5.79. The maximum absolute atomic E-state index is 12.1. The Labute approximate surface area is 111 Å². The number of rotatable bonds is 5. The van der Waals surface area contributed by atoms with Crippen molar-refractivity contribution in [3.8, 4) is 0 Å². The predicted octanol–water partition coefficient (Wildman–Crippen LogP) is 1.99. The van der Waals surface area contributed by atoms with E-state index in [-0.39, 0.29) is 11.6 Å². The molecule has 0 saturated heterocycles. The fourth-order valence-electron chi connectivity index (χ4n) is 1.71. The molecule has 1 N–H and O–H groups in total. The van der Waals surface area contributed by atoms with E-state index in [9.17, 15) is 4.79 Å². The monoisotopic (exact) mass is 262 g/mol. The van der Waals surface area contributed by atoms with Crippen LogP contribution < -0.4 is 10.9 Å². The van der Waals surface area contributed by atoms with Crippen LogP contribution in [0.25, 0.3) is 0 Å². The van der Waals surface area contributed by atoms with Gasteiger partial charge in [-0.1, -0.05) is 6.92 Å². The van der Waals surface area contributed by atoms with Gasteiger partial charge in [0.05, 0.1) is 12.7 Å². The van der Waals surface area contributed by atoms with Crippen molar-refractivity contribution in [2.45, 2.75) is 39.8 Å². The topological polar surface area (TPSA) is 73.0 Å². The fourth-order valence-corrected chi connectivity index (χ4v) is 1.71. The van der Waals surface area contributed by atoms with Gasteiger partial charge in [0, 0.05) is 24.9 Å². The van der Waals surface area contributed by atoms with Crippen molar-refractivity contribution in [1.29, 1.82) is 0 Å². The van der Waals surface area contributed by atoms with Gasteiger partial charge < -0.3 is 14.3 Å². The third kappa shape index (κ3) is 3.01. The quantitative estimate of drug-likeness (QED) is 0.892. The number of aryl methyl sites for hydroxylation is 1. The minimum Gasteiger partial charge on any atom is -0.444 e. The molecule has 0 aliphatic carbocycles. The van der Waals surface area contributed by atoms with Crippen molar-refractivity contribution < 1.29 is 4.42 Å². The summed E-state index contributed by atoms with van der Waals surface area (Å²) in [6.45, 7) is 6.25. The average Bonchev–Trinajstić information content (AvgIpc) is 2.85. The van der Waals surface area contributed by atoms with E-state index in [1.807, 2.05) is 20.8 Å². The molecular formula is C13H18N4O2. The minimum absolute atomic E-state index is 0.101. The van der Waals surface area contributed by atoms with Crippen molar-refractivity contribution >= 4 is 5.82 Å². The summed E-state index contributed by atoms with van der Waals surface area (Å²) in [5.41, 5.74) is -0.139. The fraction of sp³-hybridized carbons (Fsp3) is 0.462. The van der Waals surface area contributed by atoms with Crippen LogP contribution in [-0.4, -0.2) is 14.5 Å². The lowest BCUT2D eigenvalue weighted by Crippen LogP contribution is -2.25. The minimum atomic E-state index is -0.139. The second-order valence-corrected chi connectivity index (χ2v) is 4.51. The highest BCUT2D eigenvalue weighted by Crippen LogP contribution is 2.06. The molecule has 0 saturated carbocycles. The largest absolute Gasteiger partial charge is 0.444 e. The normalized spacial score (nSPS) is 10.9. The van der Waals surface area contributed by atoms with Gasteiger partial charge in [-0.05, 0) is 13.8 Å². The van der Waals surface area contributed by atoms with E-state index in [1.54, 1.807) is 23.2 Å². The second-order valence-electron chi connectivity index (χ2n) is 4.51. The molecule has 0 unspecified atom stereocenters. The molecule has 0 amide bonds. The lowest BCUT2D eigenvalue weighted by molar-refractivity contribution is 0.465. The van der Waals surface area contributed by atoms with Crippen LogP contribution in [0.1, 0.15) is 38.5 Å². The molecular weight excluding hydrogens is 244 g/mol. The summed E-state index contributed by atoms with van der Waals surface area (Å²) < 4.78 is 7.09. The first-order valence-corrected chi connectivity index (χ1v) is 6.36. The van der Waals surface area contributed by atoms with Crippen LogP contribution in [0, 0.1) is 0 Å². The standard InChI is InChI=1S/C13H18N4O2/c1-4-10-7-15-11(19-10)8-16-12-13(18)17(9(2)3)6-5-14-12/h5-7,9H,4,8H2,1-3H3,(H,14,16). The van der Waals surface area contributed by atoms with Crippen LogP contribution in [0.4, 0.5) is 5.82 Å². The Kier molecular flexibility index (Phi) is 3.99. The lowest BCUT2D eigenvalue weighted by atomic mass is 10.4. The zero-order chi connectivity index (χ0) is 13.8. The van der Waals surface area contributed by atoms with Crippen LogP contribution in [-0.2, 0) is 13.0 Å². The van der Waals surface area contributed by atoms with E-state index in [4.69, 9.17) is 4.42 Å². The third-order valence-corrected chi connectivity index (χ3v) is 2.78. The molecule has 0 aliphatic heterocycles. The predicted molar refractivity (Wildman–Crippen MR) is 72.1 cm³/mol. The van der Waals surface area contributed by atoms with Gasteiger partial charge >= 0.3 is 0 Å². The molecule has 0 atom stereocenters. The molecule has 2 rings (SSSR count). The summed E-state index contributed by atoms with van der Waals surface area (Å²) in [4.78, 5) is 20.3. The number of nitrogens with one attached hydrogen (secondary N) is 1. The van der Waals surface area contributed by atoms with Gasteiger partial charge in [0.15, 0.2) is 5.82 Å². The van der Waals surface area contributed by atoms with E-state index in [2.05, 4.69) is 15.3 Å². The summed E-state index contributed by atoms with van der Waals surface area (Å²) >= 11 is 0. The van der Waals surface area contributed by atoms with Crippen molar-refractivity contribution in [3.05, 3.63) is 40.6 Å². The summed E-state index contributed by atoms with van der Waals surface area (Å²) in [5.74, 6) is 1.70. The van der Waals surface area contributed by atoms with Crippen molar-refractivity contribution in [2.24, 2.45) is 0 Å². The molecule has 0 aliphatic rings. The first-order chi connectivity index (χ1) is 9.11. The zero-order valence-electron chi connectivity index (χ0n) is 11.4. The number of hydrogen-bond acceptors (Lipinski definition) is 5. The van der Waals surface area contributed by atoms with Crippen LogP contribution in [0.2, 0.25) is 0 Å². The van der Waals surface area contributed by atoms with Crippen molar-refractivity contribution in [3.63, 3.8) is 0 Å². The van der Waals surface area contributed by atoms with Crippen LogP contribution in [0.3, 0.4) is 0 Å². The van der Waals surface area contributed by atoms with E-state index < -0.39 is 0 Å². The first kappa shape index (κ1) is 13.3. The number of nitrogens with zero attached hydrogens (tertiary/aromatic N) is 3. The lowest BCUT2D eigenvalue weighted by Gasteiger charge is -2.10. The third-order valence-electron chi connectivity index (χ3n) is 2.78. The maximum Gasteiger partial charge on any atom is 0.293 e. The molecule has 6 nitrogen and oxygen atoms in total. The Bertz CT molecular complexity index is 601. The molecule has 2 aromatic rings. The van der Waals surface area contributed by atoms with Crippen molar-refractivity contribution in [1.82, 2.24) is 14.5 Å². The van der Waals surface area contributed by atoms with Gasteiger partial charge in [-0.15, -0.1) is 0 Å². The van der Waals surface area contributed by atoms with Crippen molar-refractivity contribution in [2.75, 3.05) is 5.32 Å². The smallest absolute Gasteiger partial charge is 0.293 e. The molecule has 6 heteroatoms. The average molecular weight is 262 g/mol. The highest BCUT2D eigenvalue weighted by atomic mass is 16.4. The van der Waals surface area contributed by atoms with Gasteiger partial charge in [-0.25, -0.2) is 9.97 Å². The molecule has 0 radical (unpaired) electrons. The number of hydrogen-bond donors (Lipinski definition) is 1. The Hall–Kier alpha value is -2.11. The van der Waals surface area contributed by atoms with Gasteiger partial charge in [0.25, 0.3) is 5.56 Å². The summed E-state index contributed by atoms with van der Waals surface area (Å²) in [7, 11) is 0. The number of aromatic nitrogens is 3. The van der Waals surface area contributed by atoms with Crippen LogP contribution >= 0.6 is 0 Å².